The molecule has 1 amide bonds. The normalized spacial score (nSPS) is 12.1. The van der Waals surface area contributed by atoms with Crippen molar-refractivity contribution in [3.8, 4) is 0 Å². The molecule has 0 aliphatic carbocycles. The van der Waals surface area contributed by atoms with Crippen molar-refractivity contribution in [2.45, 2.75) is 19.6 Å². The van der Waals surface area contributed by atoms with E-state index in [1.165, 1.54) is 20.1 Å². The van der Waals surface area contributed by atoms with Gasteiger partial charge in [0.25, 0.3) is 5.91 Å². The number of aromatic nitrogens is 1. The summed E-state index contributed by atoms with van der Waals surface area (Å²) in [4.78, 5) is 21.9. The number of nitrogens with zero attached hydrogens (tertiary/aromatic N) is 1. The Hall–Kier alpha value is -1.89. The molecule has 16 heavy (non-hydrogen) atoms. The van der Waals surface area contributed by atoms with Crippen molar-refractivity contribution >= 4 is 11.9 Å². The molecule has 1 rings (SSSR count). The van der Waals surface area contributed by atoms with Gasteiger partial charge in [0.2, 0.25) is 0 Å². The van der Waals surface area contributed by atoms with E-state index in [0.29, 0.717) is 5.76 Å². The Morgan fingerprint density at radius 3 is 2.94 bits per heavy atom. The van der Waals surface area contributed by atoms with Gasteiger partial charge in [-0.25, -0.2) is 0 Å². The summed E-state index contributed by atoms with van der Waals surface area (Å²) in [5, 5.41) is 14.3. The van der Waals surface area contributed by atoms with Gasteiger partial charge >= 0.3 is 5.97 Å². The Balaban J connectivity index is 2.62. The van der Waals surface area contributed by atoms with E-state index in [9.17, 15) is 9.59 Å². The van der Waals surface area contributed by atoms with E-state index in [4.69, 9.17) is 14.4 Å². The highest BCUT2D eigenvalue weighted by Crippen LogP contribution is 2.04. The summed E-state index contributed by atoms with van der Waals surface area (Å²) in [5.41, 5.74) is 0.0279. The first kappa shape index (κ1) is 12.2. The molecule has 1 heterocycles. The molecule has 0 unspecified atom stereocenters. The number of nitrogens with one attached hydrogen (secondary N) is 1. The summed E-state index contributed by atoms with van der Waals surface area (Å²) in [7, 11) is 1.48. The van der Waals surface area contributed by atoms with Gasteiger partial charge in [-0.2, -0.15) is 0 Å². The lowest BCUT2D eigenvalue weighted by atomic mass is 10.3. The topological polar surface area (TPSA) is 102 Å². The lowest BCUT2D eigenvalue weighted by Gasteiger charge is -2.06. The Morgan fingerprint density at radius 1 is 1.69 bits per heavy atom. The number of methoxy groups -OCH3 is 1. The smallest absolute Gasteiger partial charge is 0.325 e. The second-order valence-corrected chi connectivity index (χ2v) is 3.14. The standard InChI is InChI=1S/C9H12N2O5/c1-5(9(13)14)10-8(12)7-3-6(4-15-2)16-11-7/h3,5H,4H2,1-2H3,(H,10,12)(H,13,14)/t5-/m1/s1. The van der Waals surface area contributed by atoms with Gasteiger partial charge in [0.1, 0.15) is 12.6 Å². The van der Waals surface area contributed by atoms with Crippen LogP contribution in [0.15, 0.2) is 10.6 Å². The number of hydrogen-bond donors (Lipinski definition) is 2. The number of amides is 1. The molecule has 7 heteroatoms. The molecule has 0 saturated carbocycles. The molecule has 88 valence electrons. The second-order valence-electron chi connectivity index (χ2n) is 3.14. The monoisotopic (exact) mass is 228 g/mol. The third kappa shape index (κ3) is 3.06. The lowest BCUT2D eigenvalue weighted by Crippen LogP contribution is -2.38. The van der Waals surface area contributed by atoms with Crippen LogP contribution in [0.1, 0.15) is 23.2 Å². The van der Waals surface area contributed by atoms with E-state index in [-0.39, 0.29) is 12.3 Å². The molecular weight excluding hydrogens is 216 g/mol. The summed E-state index contributed by atoms with van der Waals surface area (Å²) < 4.78 is 9.57. The quantitative estimate of drug-likeness (QED) is 0.736. The first-order valence-corrected chi connectivity index (χ1v) is 4.52. The first-order valence-electron chi connectivity index (χ1n) is 4.52. The minimum atomic E-state index is -1.12. The Kier molecular flexibility index (Phi) is 4.01. The summed E-state index contributed by atoms with van der Waals surface area (Å²) in [6.07, 6.45) is 0. The van der Waals surface area contributed by atoms with E-state index in [1.54, 1.807) is 0 Å². The van der Waals surface area contributed by atoms with Crippen LogP contribution in [0.4, 0.5) is 0 Å². The molecule has 2 N–H and O–H groups in total. The van der Waals surface area contributed by atoms with E-state index in [2.05, 4.69) is 10.5 Å². The predicted octanol–water partition coefficient (Wildman–Crippen LogP) is 0.0239. The van der Waals surface area contributed by atoms with Crippen molar-refractivity contribution in [3.05, 3.63) is 17.5 Å². The molecule has 1 aromatic rings. The zero-order valence-corrected chi connectivity index (χ0v) is 8.89. The van der Waals surface area contributed by atoms with Crippen molar-refractivity contribution in [1.82, 2.24) is 10.5 Å². The van der Waals surface area contributed by atoms with Crippen molar-refractivity contribution in [2.75, 3.05) is 7.11 Å². The van der Waals surface area contributed by atoms with Crippen molar-refractivity contribution in [3.63, 3.8) is 0 Å². The maximum Gasteiger partial charge on any atom is 0.325 e. The van der Waals surface area contributed by atoms with Gasteiger partial charge in [0.05, 0.1) is 0 Å². The third-order valence-corrected chi connectivity index (χ3v) is 1.80. The zero-order valence-electron chi connectivity index (χ0n) is 8.89. The van der Waals surface area contributed by atoms with Crippen molar-refractivity contribution in [2.24, 2.45) is 0 Å². The van der Waals surface area contributed by atoms with E-state index >= 15 is 0 Å². The molecule has 1 atom stereocenters. The van der Waals surface area contributed by atoms with Crippen LogP contribution in [0.5, 0.6) is 0 Å². The van der Waals surface area contributed by atoms with Gasteiger partial charge in [0.15, 0.2) is 11.5 Å². The first-order chi connectivity index (χ1) is 7.54. The minimum Gasteiger partial charge on any atom is -0.480 e. The molecule has 7 nitrogen and oxygen atoms in total. The Bertz CT molecular complexity index is 387. The van der Waals surface area contributed by atoms with Crippen LogP contribution in [0.25, 0.3) is 0 Å². The highest BCUT2D eigenvalue weighted by atomic mass is 16.5. The molecule has 0 aliphatic heterocycles. The lowest BCUT2D eigenvalue weighted by molar-refractivity contribution is -0.138. The van der Waals surface area contributed by atoms with E-state index in [1.807, 2.05) is 0 Å². The highest BCUT2D eigenvalue weighted by molar-refractivity contribution is 5.94. The summed E-state index contributed by atoms with van der Waals surface area (Å²) >= 11 is 0. The van der Waals surface area contributed by atoms with Gasteiger partial charge in [-0.15, -0.1) is 0 Å². The maximum atomic E-state index is 11.4. The fourth-order valence-electron chi connectivity index (χ4n) is 0.963. The van der Waals surface area contributed by atoms with Crippen LogP contribution < -0.4 is 5.32 Å². The average molecular weight is 228 g/mol. The fourth-order valence-corrected chi connectivity index (χ4v) is 0.963. The molecule has 0 saturated heterocycles. The molecule has 0 fully saturated rings. The van der Waals surface area contributed by atoms with E-state index < -0.39 is 17.9 Å². The van der Waals surface area contributed by atoms with Crippen molar-refractivity contribution < 1.29 is 24.0 Å². The maximum absolute atomic E-state index is 11.4. The van der Waals surface area contributed by atoms with Gasteiger partial charge in [-0.1, -0.05) is 5.16 Å². The average Bonchev–Trinajstić information content (AvgIpc) is 2.66. The predicted molar refractivity (Wildman–Crippen MR) is 51.8 cm³/mol. The van der Waals surface area contributed by atoms with Gasteiger partial charge in [-0.05, 0) is 6.92 Å². The van der Waals surface area contributed by atoms with Crippen LogP contribution in [-0.4, -0.2) is 35.3 Å². The number of aliphatic carboxylic acids is 1. The van der Waals surface area contributed by atoms with Crippen LogP contribution >= 0.6 is 0 Å². The molecule has 0 bridgehead atoms. The molecular formula is C9H12N2O5. The molecule has 0 spiro atoms. The van der Waals surface area contributed by atoms with Crippen LogP contribution in [0.2, 0.25) is 0 Å². The molecule has 0 radical (unpaired) electrons. The molecule has 0 aliphatic rings. The van der Waals surface area contributed by atoms with Gasteiger partial charge < -0.3 is 19.7 Å². The number of hydrogen-bond acceptors (Lipinski definition) is 5. The number of carbonyl (C=O) groups is 2. The highest BCUT2D eigenvalue weighted by Gasteiger charge is 2.18. The van der Waals surface area contributed by atoms with Gasteiger partial charge in [0, 0.05) is 13.2 Å². The van der Waals surface area contributed by atoms with Crippen LogP contribution in [0.3, 0.4) is 0 Å². The van der Waals surface area contributed by atoms with Crippen LogP contribution in [0, 0.1) is 0 Å². The van der Waals surface area contributed by atoms with Crippen LogP contribution in [-0.2, 0) is 16.1 Å². The molecule has 1 aromatic heterocycles. The second kappa shape index (κ2) is 5.26. The van der Waals surface area contributed by atoms with Gasteiger partial charge in [-0.3, -0.25) is 9.59 Å². The number of carbonyl (C=O) groups excluding carboxylic acids is 1. The SMILES string of the molecule is COCc1cc(C(=O)N[C@H](C)C(=O)O)no1. The largest absolute Gasteiger partial charge is 0.480 e. The van der Waals surface area contributed by atoms with Crippen molar-refractivity contribution in [1.29, 1.82) is 0 Å². The third-order valence-electron chi connectivity index (χ3n) is 1.80. The van der Waals surface area contributed by atoms with E-state index in [0.717, 1.165) is 0 Å². The summed E-state index contributed by atoms with van der Waals surface area (Å²) in [6, 6.07) is 0.419. The number of carboxylic acids is 1. The summed E-state index contributed by atoms with van der Waals surface area (Å²) in [5.74, 6) is -1.31. The Labute approximate surface area is 91.4 Å². The zero-order chi connectivity index (χ0) is 12.1. The minimum absolute atomic E-state index is 0.0279. The molecule has 0 aromatic carbocycles. The fraction of sp³-hybridized carbons (Fsp3) is 0.444. The number of rotatable bonds is 5. The summed E-state index contributed by atoms with van der Waals surface area (Å²) in [6.45, 7) is 1.56. The number of ether oxygens (including phenoxy) is 1. The Morgan fingerprint density at radius 2 is 2.38 bits per heavy atom. The number of carboxylic acid groups (broad SMARTS) is 1.